The van der Waals surface area contributed by atoms with Gasteiger partial charge in [-0.25, -0.2) is 0 Å². The summed E-state index contributed by atoms with van der Waals surface area (Å²) in [7, 11) is 1.69. The molecule has 0 radical (unpaired) electrons. The molecule has 102 valence electrons. The lowest BCUT2D eigenvalue weighted by Gasteiger charge is -2.15. The molecular weight excluding hydrogens is 238 g/mol. The first-order chi connectivity index (χ1) is 9.24. The fourth-order valence-electron chi connectivity index (χ4n) is 2.13. The van der Waals surface area contributed by atoms with E-state index in [1.165, 1.54) is 11.3 Å². The number of nitrogens with one attached hydrogen (secondary N) is 1. The number of hydrogen-bond acceptors (Lipinski definition) is 3. The fraction of sp³-hybridized carbons (Fsp3) is 0.400. The molecule has 0 saturated heterocycles. The van der Waals surface area contributed by atoms with Crippen LogP contribution in [0.5, 0.6) is 5.75 Å². The predicted octanol–water partition coefficient (Wildman–Crippen LogP) is 2.76. The Morgan fingerprint density at radius 2 is 2.21 bits per heavy atom. The molecule has 0 amide bonds. The van der Waals surface area contributed by atoms with Crippen LogP contribution in [0.3, 0.4) is 0 Å². The molecule has 19 heavy (non-hydrogen) atoms. The molecule has 0 aliphatic heterocycles. The van der Waals surface area contributed by atoms with Gasteiger partial charge in [0.15, 0.2) is 0 Å². The van der Waals surface area contributed by atoms with Crippen molar-refractivity contribution in [3.8, 4) is 5.75 Å². The van der Waals surface area contributed by atoms with Crippen molar-refractivity contribution in [3.63, 3.8) is 0 Å². The highest BCUT2D eigenvalue weighted by molar-refractivity contribution is 5.28. The second-order valence-electron chi connectivity index (χ2n) is 4.53. The third-order valence-electron chi connectivity index (χ3n) is 3.24. The summed E-state index contributed by atoms with van der Waals surface area (Å²) in [6, 6.07) is 10.5. The normalized spacial score (nSPS) is 12.4. The van der Waals surface area contributed by atoms with Gasteiger partial charge >= 0.3 is 0 Å². The van der Waals surface area contributed by atoms with Crippen molar-refractivity contribution in [1.29, 1.82) is 0 Å². The molecule has 0 fully saturated rings. The SMILES string of the molecule is CCn1nccc1C(C)NCc1cccc(OC)c1. The Bertz CT molecular complexity index is 522. The molecule has 1 N–H and O–H groups in total. The summed E-state index contributed by atoms with van der Waals surface area (Å²) in [5, 5.41) is 7.81. The molecule has 1 aromatic carbocycles. The van der Waals surface area contributed by atoms with Crippen molar-refractivity contribution < 1.29 is 4.74 Å². The molecule has 0 aliphatic carbocycles. The van der Waals surface area contributed by atoms with Crippen molar-refractivity contribution in [2.75, 3.05) is 7.11 Å². The van der Waals surface area contributed by atoms with E-state index in [2.05, 4.69) is 42.5 Å². The Morgan fingerprint density at radius 1 is 1.37 bits per heavy atom. The summed E-state index contributed by atoms with van der Waals surface area (Å²) in [6.07, 6.45) is 1.85. The van der Waals surface area contributed by atoms with Crippen LogP contribution in [0.1, 0.15) is 31.1 Å². The van der Waals surface area contributed by atoms with Gasteiger partial charge in [0.2, 0.25) is 0 Å². The van der Waals surface area contributed by atoms with E-state index in [1.807, 2.05) is 23.0 Å². The van der Waals surface area contributed by atoms with Gasteiger partial charge < -0.3 is 10.1 Å². The van der Waals surface area contributed by atoms with Crippen LogP contribution >= 0.6 is 0 Å². The van der Waals surface area contributed by atoms with E-state index < -0.39 is 0 Å². The third-order valence-corrected chi connectivity index (χ3v) is 3.24. The van der Waals surface area contributed by atoms with Gasteiger partial charge in [-0.15, -0.1) is 0 Å². The van der Waals surface area contributed by atoms with Gasteiger partial charge in [0.25, 0.3) is 0 Å². The highest BCUT2D eigenvalue weighted by atomic mass is 16.5. The highest BCUT2D eigenvalue weighted by Gasteiger charge is 2.09. The topological polar surface area (TPSA) is 39.1 Å². The van der Waals surface area contributed by atoms with Gasteiger partial charge in [0.1, 0.15) is 5.75 Å². The summed E-state index contributed by atoms with van der Waals surface area (Å²) in [5.74, 6) is 0.894. The van der Waals surface area contributed by atoms with Gasteiger partial charge in [0, 0.05) is 25.3 Å². The molecule has 1 unspecified atom stereocenters. The first kappa shape index (κ1) is 13.6. The van der Waals surface area contributed by atoms with Crippen LogP contribution in [-0.4, -0.2) is 16.9 Å². The molecule has 0 bridgehead atoms. The number of aromatic nitrogens is 2. The van der Waals surface area contributed by atoms with E-state index in [9.17, 15) is 0 Å². The predicted molar refractivity (Wildman–Crippen MR) is 76.1 cm³/mol. The maximum absolute atomic E-state index is 5.23. The molecule has 2 rings (SSSR count). The molecule has 0 saturated carbocycles. The van der Waals surface area contributed by atoms with Crippen LogP contribution in [0.2, 0.25) is 0 Å². The summed E-state index contributed by atoms with van der Waals surface area (Å²) in [6.45, 7) is 5.97. The third kappa shape index (κ3) is 3.35. The Labute approximate surface area is 114 Å². The van der Waals surface area contributed by atoms with Crippen LogP contribution in [0.25, 0.3) is 0 Å². The maximum Gasteiger partial charge on any atom is 0.119 e. The van der Waals surface area contributed by atoms with Gasteiger partial charge in [-0.1, -0.05) is 12.1 Å². The van der Waals surface area contributed by atoms with E-state index >= 15 is 0 Å². The summed E-state index contributed by atoms with van der Waals surface area (Å²) >= 11 is 0. The smallest absolute Gasteiger partial charge is 0.119 e. The minimum absolute atomic E-state index is 0.272. The lowest BCUT2D eigenvalue weighted by molar-refractivity contribution is 0.413. The van der Waals surface area contributed by atoms with Crippen molar-refractivity contribution in [3.05, 3.63) is 47.8 Å². The minimum atomic E-state index is 0.272. The van der Waals surface area contributed by atoms with Crippen molar-refractivity contribution in [2.24, 2.45) is 0 Å². The van der Waals surface area contributed by atoms with Gasteiger partial charge in [-0.05, 0) is 37.6 Å². The summed E-state index contributed by atoms with van der Waals surface area (Å²) in [5.41, 5.74) is 2.43. The Morgan fingerprint density at radius 3 is 2.95 bits per heavy atom. The summed E-state index contributed by atoms with van der Waals surface area (Å²) in [4.78, 5) is 0. The standard InChI is InChI=1S/C15H21N3O/c1-4-18-15(8-9-17-18)12(2)16-11-13-6-5-7-14(10-13)19-3/h5-10,12,16H,4,11H2,1-3H3. The number of aryl methyl sites for hydroxylation is 1. The first-order valence-corrected chi connectivity index (χ1v) is 6.62. The van der Waals surface area contributed by atoms with Crippen LogP contribution < -0.4 is 10.1 Å². The van der Waals surface area contributed by atoms with E-state index in [0.29, 0.717) is 0 Å². The largest absolute Gasteiger partial charge is 0.497 e. The summed E-state index contributed by atoms with van der Waals surface area (Å²) < 4.78 is 7.25. The molecule has 4 heteroatoms. The molecule has 4 nitrogen and oxygen atoms in total. The lowest BCUT2D eigenvalue weighted by Crippen LogP contribution is -2.21. The Kier molecular flexibility index (Phi) is 4.58. The van der Waals surface area contributed by atoms with E-state index in [-0.39, 0.29) is 6.04 Å². The van der Waals surface area contributed by atoms with Crippen molar-refractivity contribution in [2.45, 2.75) is 33.0 Å². The molecule has 0 spiro atoms. The number of nitrogens with zero attached hydrogens (tertiary/aromatic N) is 2. The zero-order valence-electron chi connectivity index (χ0n) is 11.8. The minimum Gasteiger partial charge on any atom is -0.497 e. The monoisotopic (exact) mass is 259 g/mol. The van der Waals surface area contributed by atoms with Crippen LogP contribution in [0.15, 0.2) is 36.5 Å². The second kappa shape index (κ2) is 6.38. The number of hydrogen-bond donors (Lipinski definition) is 1. The number of methoxy groups -OCH3 is 1. The Balaban J connectivity index is 1.98. The number of rotatable bonds is 6. The fourth-order valence-corrected chi connectivity index (χ4v) is 2.13. The van der Waals surface area contributed by atoms with Gasteiger partial charge in [-0.3, -0.25) is 4.68 Å². The average molecular weight is 259 g/mol. The molecule has 0 aliphatic rings. The molecular formula is C15H21N3O. The first-order valence-electron chi connectivity index (χ1n) is 6.62. The quantitative estimate of drug-likeness (QED) is 0.867. The molecule has 1 heterocycles. The van der Waals surface area contributed by atoms with Crippen molar-refractivity contribution in [1.82, 2.24) is 15.1 Å². The van der Waals surface area contributed by atoms with Crippen LogP contribution in [-0.2, 0) is 13.1 Å². The van der Waals surface area contributed by atoms with Gasteiger partial charge in [-0.2, -0.15) is 5.10 Å². The van der Waals surface area contributed by atoms with Crippen molar-refractivity contribution >= 4 is 0 Å². The average Bonchev–Trinajstić information content (AvgIpc) is 2.93. The van der Waals surface area contributed by atoms with Gasteiger partial charge in [0.05, 0.1) is 12.8 Å². The zero-order valence-corrected chi connectivity index (χ0v) is 11.8. The number of ether oxygens (including phenoxy) is 1. The zero-order chi connectivity index (χ0) is 13.7. The van der Waals surface area contributed by atoms with E-state index in [1.54, 1.807) is 7.11 Å². The second-order valence-corrected chi connectivity index (χ2v) is 4.53. The molecule has 2 aromatic rings. The highest BCUT2D eigenvalue weighted by Crippen LogP contribution is 2.15. The van der Waals surface area contributed by atoms with E-state index in [0.717, 1.165) is 18.8 Å². The molecule has 1 aromatic heterocycles. The Hall–Kier alpha value is -1.81. The van der Waals surface area contributed by atoms with Crippen LogP contribution in [0, 0.1) is 0 Å². The van der Waals surface area contributed by atoms with Crippen LogP contribution in [0.4, 0.5) is 0 Å². The number of benzene rings is 1. The maximum atomic E-state index is 5.23. The van der Waals surface area contributed by atoms with E-state index in [4.69, 9.17) is 4.74 Å². The lowest BCUT2D eigenvalue weighted by atomic mass is 10.2. The molecule has 1 atom stereocenters.